The van der Waals surface area contributed by atoms with Crippen molar-refractivity contribution >= 4 is 5.69 Å². The lowest BCUT2D eigenvalue weighted by Gasteiger charge is -2.34. The van der Waals surface area contributed by atoms with Crippen molar-refractivity contribution in [1.82, 2.24) is 0 Å². The zero-order chi connectivity index (χ0) is 15.3. The molecule has 0 saturated heterocycles. The summed E-state index contributed by atoms with van der Waals surface area (Å²) < 4.78 is 13.6. The van der Waals surface area contributed by atoms with Crippen LogP contribution in [0, 0.1) is 12.7 Å². The highest BCUT2D eigenvalue weighted by Crippen LogP contribution is 2.31. The fourth-order valence-corrected chi connectivity index (χ4v) is 2.76. The van der Waals surface area contributed by atoms with Crippen molar-refractivity contribution in [3.8, 4) is 0 Å². The number of halogens is 1. The van der Waals surface area contributed by atoms with Gasteiger partial charge in [0.2, 0.25) is 0 Å². The summed E-state index contributed by atoms with van der Waals surface area (Å²) in [7, 11) is 0. The van der Waals surface area contributed by atoms with Crippen LogP contribution in [-0.2, 0) is 5.54 Å². The maximum absolute atomic E-state index is 13.6. The zero-order valence-corrected chi connectivity index (χ0v) is 12.6. The highest BCUT2D eigenvalue weighted by Gasteiger charge is 2.30. The quantitative estimate of drug-likeness (QED) is 0.833. The summed E-state index contributed by atoms with van der Waals surface area (Å²) >= 11 is 0. The van der Waals surface area contributed by atoms with Gasteiger partial charge in [-0.25, -0.2) is 4.39 Å². The third-order valence-electron chi connectivity index (χ3n) is 3.70. The molecule has 1 atom stereocenters. The summed E-state index contributed by atoms with van der Waals surface area (Å²) in [5.41, 5.74) is 1.97. The molecule has 0 fully saturated rings. The van der Waals surface area contributed by atoms with Gasteiger partial charge in [0.1, 0.15) is 5.82 Å². The van der Waals surface area contributed by atoms with Gasteiger partial charge in [-0.3, -0.25) is 0 Å². The molecule has 2 aromatic rings. The van der Waals surface area contributed by atoms with Crippen LogP contribution in [0.1, 0.15) is 30.9 Å². The molecule has 0 heterocycles. The molecule has 21 heavy (non-hydrogen) atoms. The molecule has 112 valence electrons. The molecular weight excluding hydrogens is 265 g/mol. The van der Waals surface area contributed by atoms with E-state index in [9.17, 15) is 9.50 Å². The van der Waals surface area contributed by atoms with Crippen LogP contribution >= 0.6 is 0 Å². The van der Waals surface area contributed by atoms with Gasteiger partial charge < -0.3 is 10.4 Å². The average Bonchev–Trinajstić information content (AvgIpc) is 2.46. The lowest BCUT2D eigenvalue weighted by Crippen LogP contribution is -2.39. The summed E-state index contributed by atoms with van der Waals surface area (Å²) in [6.07, 6.45) is 1.68. The van der Waals surface area contributed by atoms with E-state index < -0.39 is 5.54 Å². The Labute approximate surface area is 125 Å². The van der Waals surface area contributed by atoms with E-state index in [-0.39, 0.29) is 12.4 Å². The molecule has 3 heteroatoms. The van der Waals surface area contributed by atoms with E-state index in [2.05, 4.69) is 12.2 Å². The van der Waals surface area contributed by atoms with Gasteiger partial charge in [-0.15, -0.1) is 0 Å². The largest absolute Gasteiger partial charge is 0.394 e. The molecule has 0 aliphatic heterocycles. The highest BCUT2D eigenvalue weighted by molar-refractivity contribution is 5.50. The van der Waals surface area contributed by atoms with Gasteiger partial charge in [0, 0.05) is 5.69 Å². The molecule has 2 rings (SSSR count). The normalized spacial score (nSPS) is 13.7. The van der Waals surface area contributed by atoms with Crippen LogP contribution in [0.15, 0.2) is 48.5 Å². The van der Waals surface area contributed by atoms with E-state index in [1.54, 1.807) is 0 Å². The summed E-state index contributed by atoms with van der Waals surface area (Å²) in [5.74, 6) is -0.270. The fourth-order valence-electron chi connectivity index (χ4n) is 2.76. The van der Waals surface area contributed by atoms with Crippen LogP contribution in [0.5, 0.6) is 0 Å². The van der Waals surface area contributed by atoms with Crippen molar-refractivity contribution < 1.29 is 9.50 Å². The minimum Gasteiger partial charge on any atom is -0.394 e. The van der Waals surface area contributed by atoms with E-state index in [0.29, 0.717) is 5.69 Å². The first-order valence-electron chi connectivity index (χ1n) is 7.31. The molecule has 0 spiro atoms. The SMILES string of the molecule is CCCC(CO)(Nc1cc(C)cc(F)c1)c1ccccc1. The first-order valence-corrected chi connectivity index (χ1v) is 7.31. The van der Waals surface area contributed by atoms with Crippen LogP contribution in [-0.4, -0.2) is 11.7 Å². The topological polar surface area (TPSA) is 32.3 Å². The number of anilines is 1. The number of hydrogen-bond donors (Lipinski definition) is 2. The smallest absolute Gasteiger partial charge is 0.125 e. The minimum atomic E-state index is -0.587. The van der Waals surface area contributed by atoms with Crippen molar-refractivity contribution in [2.75, 3.05) is 11.9 Å². The second kappa shape index (κ2) is 6.72. The summed E-state index contributed by atoms with van der Waals surface area (Å²) in [6, 6.07) is 14.7. The van der Waals surface area contributed by atoms with Crippen molar-refractivity contribution in [2.45, 2.75) is 32.2 Å². The van der Waals surface area contributed by atoms with Crippen molar-refractivity contribution in [3.63, 3.8) is 0 Å². The second-order valence-corrected chi connectivity index (χ2v) is 5.50. The number of benzene rings is 2. The minimum absolute atomic E-state index is 0.0413. The molecule has 0 bridgehead atoms. The van der Waals surface area contributed by atoms with E-state index in [0.717, 1.165) is 24.0 Å². The third-order valence-corrected chi connectivity index (χ3v) is 3.70. The number of nitrogens with one attached hydrogen (secondary N) is 1. The van der Waals surface area contributed by atoms with Crippen LogP contribution < -0.4 is 5.32 Å². The van der Waals surface area contributed by atoms with Crippen molar-refractivity contribution in [1.29, 1.82) is 0 Å². The molecule has 0 saturated carbocycles. The number of hydrogen-bond acceptors (Lipinski definition) is 2. The van der Waals surface area contributed by atoms with E-state index >= 15 is 0 Å². The molecule has 2 nitrogen and oxygen atoms in total. The predicted molar refractivity (Wildman–Crippen MR) is 84.9 cm³/mol. The maximum atomic E-state index is 13.6. The van der Waals surface area contributed by atoms with Gasteiger partial charge >= 0.3 is 0 Å². The van der Waals surface area contributed by atoms with Gasteiger partial charge in [-0.2, -0.15) is 0 Å². The Balaban J connectivity index is 2.40. The van der Waals surface area contributed by atoms with E-state index in [1.807, 2.05) is 43.3 Å². The fraction of sp³-hybridized carbons (Fsp3) is 0.333. The van der Waals surface area contributed by atoms with Crippen LogP contribution in [0.25, 0.3) is 0 Å². The molecule has 1 unspecified atom stereocenters. The van der Waals surface area contributed by atoms with Gasteiger partial charge in [0.25, 0.3) is 0 Å². The standard InChI is InChI=1S/C18H22FNO/c1-3-9-18(13-21,15-7-5-4-6-8-15)20-17-11-14(2)10-16(19)12-17/h4-8,10-12,20-21H,3,9,13H2,1-2H3. The molecule has 0 aliphatic carbocycles. The summed E-state index contributed by atoms with van der Waals surface area (Å²) in [5, 5.41) is 13.4. The highest BCUT2D eigenvalue weighted by atomic mass is 19.1. The second-order valence-electron chi connectivity index (χ2n) is 5.50. The molecule has 0 radical (unpaired) electrons. The van der Waals surface area contributed by atoms with Crippen LogP contribution in [0.2, 0.25) is 0 Å². The summed E-state index contributed by atoms with van der Waals surface area (Å²) in [6.45, 7) is 3.89. The van der Waals surface area contributed by atoms with Gasteiger partial charge in [0.15, 0.2) is 0 Å². The molecule has 0 amide bonds. The lowest BCUT2D eigenvalue weighted by molar-refractivity contribution is 0.202. The van der Waals surface area contributed by atoms with Gasteiger partial charge in [0.05, 0.1) is 12.1 Å². The molecule has 0 aliphatic rings. The monoisotopic (exact) mass is 287 g/mol. The number of aliphatic hydroxyl groups is 1. The Morgan fingerprint density at radius 2 is 1.86 bits per heavy atom. The lowest BCUT2D eigenvalue weighted by atomic mass is 9.86. The number of aliphatic hydroxyl groups excluding tert-OH is 1. The number of rotatable bonds is 6. The average molecular weight is 287 g/mol. The maximum Gasteiger partial charge on any atom is 0.125 e. The first-order chi connectivity index (χ1) is 10.1. The zero-order valence-electron chi connectivity index (χ0n) is 12.6. The Hall–Kier alpha value is -1.87. The molecular formula is C18H22FNO. The first kappa shape index (κ1) is 15.5. The Kier molecular flexibility index (Phi) is 4.97. The molecule has 0 aromatic heterocycles. The van der Waals surface area contributed by atoms with Crippen LogP contribution in [0.3, 0.4) is 0 Å². The van der Waals surface area contributed by atoms with Gasteiger partial charge in [-0.05, 0) is 42.7 Å². The van der Waals surface area contributed by atoms with Crippen molar-refractivity contribution in [3.05, 3.63) is 65.5 Å². The Morgan fingerprint density at radius 3 is 2.43 bits per heavy atom. The number of aryl methyl sites for hydroxylation is 1. The third kappa shape index (κ3) is 3.61. The Bertz CT molecular complexity index is 565. The Morgan fingerprint density at radius 1 is 1.14 bits per heavy atom. The van der Waals surface area contributed by atoms with E-state index in [4.69, 9.17) is 0 Å². The predicted octanol–water partition coefficient (Wildman–Crippen LogP) is 4.23. The molecule has 2 aromatic carbocycles. The van der Waals surface area contributed by atoms with Crippen LogP contribution in [0.4, 0.5) is 10.1 Å². The van der Waals surface area contributed by atoms with Crippen molar-refractivity contribution in [2.24, 2.45) is 0 Å². The van der Waals surface area contributed by atoms with Gasteiger partial charge in [-0.1, -0.05) is 43.7 Å². The summed E-state index contributed by atoms with van der Waals surface area (Å²) in [4.78, 5) is 0. The van der Waals surface area contributed by atoms with E-state index in [1.165, 1.54) is 12.1 Å². The molecule has 2 N–H and O–H groups in total.